The van der Waals surface area contributed by atoms with Crippen LogP contribution in [0.2, 0.25) is 0 Å². The van der Waals surface area contributed by atoms with Crippen molar-refractivity contribution in [1.82, 2.24) is 4.98 Å². The van der Waals surface area contributed by atoms with E-state index in [-0.39, 0.29) is 6.42 Å². The van der Waals surface area contributed by atoms with E-state index in [1.54, 1.807) is 0 Å². The molecule has 0 atom stereocenters. The summed E-state index contributed by atoms with van der Waals surface area (Å²) in [6.45, 7) is 0.643. The van der Waals surface area contributed by atoms with Gasteiger partial charge >= 0.3 is 5.97 Å². The minimum Gasteiger partial charge on any atom is -0.493 e. The minimum absolute atomic E-state index is 0.261. The Kier molecular flexibility index (Phi) is 6.31. The number of aromatic amines is 1. The molecule has 0 fully saturated rings. The number of unbranched alkanes of at least 4 members (excludes halogenated alkanes) is 2. The molecular formula is C22H25NO3. The number of hydrogen-bond acceptors (Lipinski definition) is 2. The number of ether oxygens (including phenoxy) is 1. The molecule has 0 aliphatic heterocycles. The van der Waals surface area contributed by atoms with E-state index < -0.39 is 5.97 Å². The highest BCUT2D eigenvalue weighted by atomic mass is 16.5. The van der Waals surface area contributed by atoms with Crippen molar-refractivity contribution < 1.29 is 14.6 Å². The van der Waals surface area contributed by atoms with Gasteiger partial charge in [0.15, 0.2) is 0 Å². The summed E-state index contributed by atoms with van der Waals surface area (Å²) >= 11 is 0. The average molecular weight is 351 g/mol. The molecule has 4 nitrogen and oxygen atoms in total. The van der Waals surface area contributed by atoms with Crippen LogP contribution in [-0.2, 0) is 17.6 Å². The van der Waals surface area contributed by atoms with Gasteiger partial charge in [0, 0.05) is 29.9 Å². The van der Waals surface area contributed by atoms with E-state index in [4.69, 9.17) is 9.84 Å². The van der Waals surface area contributed by atoms with Crippen molar-refractivity contribution in [2.45, 2.75) is 38.5 Å². The molecule has 0 spiro atoms. The summed E-state index contributed by atoms with van der Waals surface area (Å²) in [4.78, 5) is 13.8. The summed E-state index contributed by atoms with van der Waals surface area (Å²) in [7, 11) is 0. The van der Waals surface area contributed by atoms with Crippen molar-refractivity contribution in [2.75, 3.05) is 6.61 Å². The smallest absolute Gasteiger partial charge is 0.303 e. The molecule has 2 aromatic carbocycles. The Labute approximate surface area is 153 Å². The predicted molar refractivity (Wildman–Crippen MR) is 104 cm³/mol. The highest BCUT2D eigenvalue weighted by Gasteiger charge is 2.04. The van der Waals surface area contributed by atoms with Gasteiger partial charge in [-0.15, -0.1) is 0 Å². The Balaban J connectivity index is 1.45. The van der Waals surface area contributed by atoms with Crippen LogP contribution in [-0.4, -0.2) is 22.7 Å². The lowest BCUT2D eigenvalue weighted by atomic mass is 10.1. The molecule has 3 aromatic rings. The number of hydrogen-bond donors (Lipinski definition) is 2. The summed E-state index contributed by atoms with van der Waals surface area (Å²) in [5.74, 6) is 0.184. The van der Waals surface area contributed by atoms with Gasteiger partial charge in [-0.2, -0.15) is 0 Å². The van der Waals surface area contributed by atoms with Crippen LogP contribution in [0.25, 0.3) is 10.9 Å². The zero-order valence-electron chi connectivity index (χ0n) is 14.9. The summed E-state index contributed by atoms with van der Waals surface area (Å²) in [6.07, 6.45) is 6.83. The summed E-state index contributed by atoms with van der Waals surface area (Å²) < 4.78 is 5.94. The number of nitrogens with one attached hydrogen (secondary N) is 1. The zero-order valence-corrected chi connectivity index (χ0v) is 14.9. The molecule has 0 amide bonds. The second-order valence-corrected chi connectivity index (χ2v) is 6.56. The number of fused-ring (bicyclic) bond motifs is 1. The van der Waals surface area contributed by atoms with Crippen molar-refractivity contribution in [3.05, 3.63) is 65.9 Å². The molecule has 0 saturated carbocycles. The molecule has 26 heavy (non-hydrogen) atoms. The Bertz CT molecular complexity index is 853. The number of carboxylic acid groups (broad SMARTS) is 1. The molecule has 1 aromatic heterocycles. The summed E-state index contributed by atoms with van der Waals surface area (Å²) in [5.41, 5.74) is 3.67. The predicted octanol–water partition coefficient (Wildman–Crippen LogP) is 4.98. The number of carboxylic acids is 1. The van der Waals surface area contributed by atoms with Gasteiger partial charge in [0.05, 0.1) is 6.61 Å². The van der Waals surface area contributed by atoms with Crippen molar-refractivity contribution in [2.24, 2.45) is 0 Å². The molecule has 1 heterocycles. The van der Waals surface area contributed by atoms with Gasteiger partial charge in [0.25, 0.3) is 0 Å². The second-order valence-electron chi connectivity index (χ2n) is 6.56. The van der Waals surface area contributed by atoms with Crippen molar-refractivity contribution >= 4 is 16.9 Å². The van der Waals surface area contributed by atoms with E-state index in [0.717, 1.165) is 43.4 Å². The number of rotatable bonds is 10. The normalized spacial score (nSPS) is 10.9. The lowest BCUT2D eigenvalue weighted by molar-refractivity contribution is -0.137. The SMILES string of the molecule is O=C(O)CCCCCc1cccc(OCCc2c[nH]c3ccccc23)c1. The molecule has 136 valence electrons. The zero-order chi connectivity index (χ0) is 18.2. The van der Waals surface area contributed by atoms with Gasteiger partial charge in [0.1, 0.15) is 5.75 Å². The van der Waals surface area contributed by atoms with Crippen molar-refractivity contribution in [1.29, 1.82) is 0 Å². The first kappa shape index (κ1) is 18.1. The molecule has 0 radical (unpaired) electrons. The molecular weight excluding hydrogens is 326 g/mol. The van der Waals surface area contributed by atoms with Crippen LogP contribution in [0, 0.1) is 0 Å². The highest BCUT2D eigenvalue weighted by Crippen LogP contribution is 2.20. The third kappa shape index (κ3) is 5.12. The molecule has 0 aliphatic rings. The average Bonchev–Trinajstić information content (AvgIpc) is 3.05. The first-order chi connectivity index (χ1) is 12.7. The van der Waals surface area contributed by atoms with Crippen LogP contribution < -0.4 is 4.74 Å². The van der Waals surface area contributed by atoms with E-state index in [1.165, 1.54) is 16.5 Å². The van der Waals surface area contributed by atoms with Gasteiger partial charge < -0.3 is 14.8 Å². The van der Waals surface area contributed by atoms with Crippen LogP contribution in [0.5, 0.6) is 5.75 Å². The summed E-state index contributed by atoms with van der Waals surface area (Å²) in [5, 5.41) is 9.91. The first-order valence-corrected chi connectivity index (χ1v) is 9.21. The Morgan fingerprint density at radius 2 is 1.88 bits per heavy atom. The van der Waals surface area contributed by atoms with E-state index in [1.807, 2.05) is 18.2 Å². The van der Waals surface area contributed by atoms with Gasteiger partial charge in [-0.25, -0.2) is 0 Å². The fourth-order valence-corrected chi connectivity index (χ4v) is 3.19. The van der Waals surface area contributed by atoms with E-state index in [9.17, 15) is 4.79 Å². The largest absolute Gasteiger partial charge is 0.493 e. The lowest BCUT2D eigenvalue weighted by Gasteiger charge is -2.08. The summed E-state index contributed by atoms with van der Waals surface area (Å²) in [6, 6.07) is 16.5. The molecule has 0 aliphatic carbocycles. The number of H-pyrrole nitrogens is 1. The number of aryl methyl sites for hydroxylation is 1. The molecule has 3 rings (SSSR count). The van der Waals surface area contributed by atoms with Crippen LogP contribution in [0.15, 0.2) is 54.7 Å². The molecule has 0 bridgehead atoms. The topological polar surface area (TPSA) is 62.3 Å². The van der Waals surface area contributed by atoms with Gasteiger partial charge in [-0.05, 0) is 48.6 Å². The third-order valence-corrected chi connectivity index (χ3v) is 4.57. The maximum Gasteiger partial charge on any atom is 0.303 e. The van der Waals surface area contributed by atoms with Crippen molar-refractivity contribution in [3.63, 3.8) is 0 Å². The number of para-hydroxylation sites is 1. The monoisotopic (exact) mass is 351 g/mol. The molecule has 0 saturated heterocycles. The lowest BCUT2D eigenvalue weighted by Crippen LogP contribution is -2.01. The highest BCUT2D eigenvalue weighted by molar-refractivity contribution is 5.83. The van der Waals surface area contributed by atoms with E-state index >= 15 is 0 Å². The van der Waals surface area contributed by atoms with Crippen molar-refractivity contribution in [3.8, 4) is 5.75 Å². The van der Waals surface area contributed by atoms with Crippen LogP contribution >= 0.6 is 0 Å². The Morgan fingerprint density at radius 1 is 1.00 bits per heavy atom. The Morgan fingerprint density at radius 3 is 2.77 bits per heavy atom. The number of aromatic nitrogens is 1. The van der Waals surface area contributed by atoms with Crippen LogP contribution in [0.3, 0.4) is 0 Å². The van der Waals surface area contributed by atoms with Gasteiger partial charge in [0.2, 0.25) is 0 Å². The second kappa shape index (κ2) is 9.09. The van der Waals surface area contributed by atoms with Crippen LogP contribution in [0.1, 0.15) is 36.8 Å². The van der Waals surface area contributed by atoms with E-state index in [2.05, 4.69) is 41.5 Å². The Hall–Kier alpha value is -2.75. The van der Waals surface area contributed by atoms with Gasteiger partial charge in [-0.3, -0.25) is 4.79 Å². The fourth-order valence-electron chi connectivity index (χ4n) is 3.19. The third-order valence-electron chi connectivity index (χ3n) is 4.57. The van der Waals surface area contributed by atoms with E-state index in [0.29, 0.717) is 6.61 Å². The van der Waals surface area contributed by atoms with Crippen LogP contribution in [0.4, 0.5) is 0 Å². The fraction of sp³-hybridized carbons (Fsp3) is 0.318. The number of carbonyl (C=O) groups is 1. The number of benzene rings is 2. The standard InChI is InChI=1S/C22H25NO3/c24-22(25)12-3-1-2-7-17-8-6-9-19(15-17)26-14-13-18-16-23-21-11-5-4-10-20(18)21/h4-6,8-11,15-16,23H,1-3,7,12-14H2,(H,24,25). The molecule has 2 N–H and O–H groups in total. The molecule has 0 unspecified atom stereocenters. The maximum atomic E-state index is 10.5. The quantitative estimate of drug-likeness (QED) is 0.507. The molecule has 4 heteroatoms. The first-order valence-electron chi connectivity index (χ1n) is 9.21. The maximum absolute atomic E-state index is 10.5. The minimum atomic E-state index is -0.712. The number of aliphatic carboxylic acids is 1. The van der Waals surface area contributed by atoms with Gasteiger partial charge in [-0.1, -0.05) is 36.8 Å².